The molecule has 1 spiro atoms. The van der Waals surface area contributed by atoms with E-state index in [0.717, 1.165) is 29.6 Å². The van der Waals surface area contributed by atoms with Gasteiger partial charge in [-0.25, -0.2) is 4.79 Å². The smallest absolute Gasteiger partial charge is 0.344 e. The number of carbonyl (C=O) groups excluding carboxylic acids is 4. The highest BCUT2D eigenvalue weighted by atomic mass is 32.2. The number of nitrogens with one attached hydrogen (secondary N) is 2. The molecule has 164 valence electrons. The van der Waals surface area contributed by atoms with E-state index in [1.165, 1.54) is 0 Å². The van der Waals surface area contributed by atoms with E-state index in [-0.39, 0.29) is 12.2 Å². The number of imide groups is 1. The van der Waals surface area contributed by atoms with Crippen molar-refractivity contribution in [3.05, 3.63) is 5.82 Å². The number of primary amides is 1. The zero-order chi connectivity index (χ0) is 21.9. The van der Waals surface area contributed by atoms with Gasteiger partial charge in [0.05, 0.1) is 5.75 Å². The van der Waals surface area contributed by atoms with E-state index in [1.807, 2.05) is 6.92 Å². The summed E-state index contributed by atoms with van der Waals surface area (Å²) in [4.78, 5) is 48.5. The van der Waals surface area contributed by atoms with Crippen LogP contribution in [0.4, 0.5) is 4.79 Å². The highest BCUT2D eigenvalue weighted by Crippen LogP contribution is 2.35. The predicted octanol–water partition coefficient (Wildman–Crippen LogP) is 0.340. The highest BCUT2D eigenvalue weighted by molar-refractivity contribution is 7.99. The lowest BCUT2D eigenvalue weighted by molar-refractivity contribution is -0.139. The maximum absolute atomic E-state index is 12.8. The second-order valence-electron chi connectivity index (χ2n) is 7.77. The normalized spacial score (nSPS) is 23.7. The third-order valence-electron chi connectivity index (χ3n) is 5.56. The first-order chi connectivity index (χ1) is 14.3. The number of thioether (sulfide) groups is 1. The molecule has 0 atom stereocenters. The first-order valence-electron chi connectivity index (χ1n) is 10.0. The van der Waals surface area contributed by atoms with E-state index in [9.17, 15) is 19.2 Å². The van der Waals surface area contributed by atoms with Gasteiger partial charge in [-0.05, 0) is 38.5 Å². The number of urea groups is 1. The summed E-state index contributed by atoms with van der Waals surface area (Å²) in [5, 5.41) is 12.2. The molecule has 2 fully saturated rings. The standard InChI is InChI=1S/C18H27N7O4S/c1-3-24-13(5-4-12(19)26)21-22-17(24)30-10-14(27)23-25-15(28)18(20-16(25)29)8-6-11(2)7-9-18/h11H,3-10H2,1-2H3,(H2,19,26)(H,20,29)(H,23,27). The molecule has 1 aromatic rings. The fourth-order valence-electron chi connectivity index (χ4n) is 3.77. The molecule has 2 heterocycles. The Morgan fingerprint density at radius 2 is 2.00 bits per heavy atom. The van der Waals surface area contributed by atoms with Crippen molar-refractivity contribution in [2.45, 2.75) is 69.6 Å². The average molecular weight is 438 g/mol. The Morgan fingerprint density at radius 1 is 1.30 bits per heavy atom. The van der Waals surface area contributed by atoms with Crippen molar-refractivity contribution in [2.24, 2.45) is 11.7 Å². The van der Waals surface area contributed by atoms with Crippen LogP contribution in [0.5, 0.6) is 0 Å². The zero-order valence-electron chi connectivity index (χ0n) is 17.1. The Morgan fingerprint density at radius 3 is 2.63 bits per heavy atom. The van der Waals surface area contributed by atoms with Gasteiger partial charge in [-0.1, -0.05) is 18.7 Å². The molecule has 12 heteroatoms. The molecule has 1 aliphatic carbocycles. The van der Waals surface area contributed by atoms with Crippen LogP contribution in [0.15, 0.2) is 5.16 Å². The first-order valence-corrected chi connectivity index (χ1v) is 11.0. The van der Waals surface area contributed by atoms with Gasteiger partial charge in [0.25, 0.3) is 5.91 Å². The molecular weight excluding hydrogens is 410 g/mol. The van der Waals surface area contributed by atoms with Crippen molar-refractivity contribution in [3.8, 4) is 0 Å². The summed E-state index contributed by atoms with van der Waals surface area (Å²) in [6.07, 6.45) is 3.39. The van der Waals surface area contributed by atoms with E-state index < -0.39 is 29.3 Å². The number of hydrogen-bond donors (Lipinski definition) is 3. The largest absolute Gasteiger partial charge is 0.370 e. The number of nitrogens with zero attached hydrogens (tertiary/aromatic N) is 4. The van der Waals surface area contributed by atoms with Crippen molar-refractivity contribution in [3.63, 3.8) is 0 Å². The number of hydrogen-bond acceptors (Lipinski definition) is 7. The number of aryl methyl sites for hydroxylation is 1. The fourth-order valence-corrected chi connectivity index (χ4v) is 4.58. The van der Waals surface area contributed by atoms with Crippen molar-refractivity contribution in [2.75, 3.05) is 5.75 Å². The van der Waals surface area contributed by atoms with E-state index in [1.54, 1.807) is 4.57 Å². The minimum atomic E-state index is -0.901. The second-order valence-corrected chi connectivity index (χ2v) is 8.71. The van der Waals surface area contributed by atoms with Crippen LogP contribution < -0.4 is 16.5 Å². The van der Waals surface area contributed by atoms with Crippen LogP contribution in [0.3, 0.4) is 0 Å². The van der Waals surface area contributed by atoms with Crippen molar-refractivity contribution >= 4 is 35.5 Å². The number of amides is 5. The lowest BCUT2D eigenvalue weighted by Crippen LogP contribution is -2.51. The van der Waals surface area contributed by atoms with Crippen LogP contribution >= 0.6 is 11.8 Å². The molecule has 5 amide bonds. The summed E-state index contributed by atoms with van der Waals surface area (Å²) < 4.78 is 1.80. The predicted molar refractivity (Wildman–Crippen MR) is 108 cm³/mol. The van der Waals surface area contributed by atoms with Gasteiger partial charge in [0, 0.05) is 19.4 Å². The second kappa shape index (κ2) is 9.02. The van der Waals surface area contributed by atoms with Crippen LogP contribution in [0.1, 0.15) is 51.8 Å². The lowest BCUT2D eigenvalue weighted by atomic mass is 9.77. The van der Waals surface area contributed by atoms with E-state index >= 15 is 0 Å². The SMILES string of the molecule is CCn1c(CCC(N)=O)nnc1SCC(=O)NN1C(=O)NC2(CCC(C)CC2)C1=O. The van der Waals surface area contributed by atoms with Crippen LogP contribution in [0.2, 0.25) is 0 Å². The van der Waals surface area contributed by atoms with E-state index in [0.29, 0.717) is 42.7 Å². The van der Waals surface area contributed by atoms with E-state index in [4.69, 9.17) is 5.73 Å². The van der Waals surface area contributed by atoms with Crippen molar-refractivity contribution < 1.29 is 19.2 Å². The summed E-state index contributed by atoms with van der Waals surface area (Å²) in [5.41, 5.74) is 6.68. The maximum Gasteiger partial charge on any atom is 0.344 e. The Kier molecular flexibility index (Phi) is 6.64. The van der Waals surface area contributed by atoms with Gasteiger partial charge < -0.3 is 15.6 Å². The minimum Gasteiger partial charge on any atom is -0.370 e. The molecule has 0 unspecified atom stereocenters. The Bertz CT molecular complexity index is 848. The summed E-state index contributed by atoms with van der Waals surface area (Å²) in [7, 11) is 0. The molecule has 0 aromatic carbocycles. The molecule has 1 aliphatic heterocycles. The maximum atomic E-state index is 12.8. The minimum absolute atomic E-state index is 0.0466. The molecule has 30 heavy (non-hydrogen) atoms. The number of rotatable bonds is 8. The van der Waals surface area contributed by atoms with Gasteiger partial charge in [-0.3, -0.25) is 19.8 Å². The van der Waals surface area contributed by atoms with Crippen LogP contribution in [0.25, 0.3) is 0 Å². The quantitative estimate of drug-likeness (QED) is 0.392. The molecule has 2 aliphatic rings. The van der Waals surface area contributed by atoms with Crippen molar-refractivity contribution in [1.82, 2.24) is 30.5 Å². The Balaban J connectivity index is 1.57. The third-order valence-corrected chi connectivity index (χ3v) is 6.53. The van der Waals surface area contributed by atoms with E-state index in [2.05, 4.69) is 27.9 Å². The summed E-state index contributed by atoms with van der Waals surface area (Å²) in [6.45, 7) is 4.59. The summed E-state index contributed by atoms with van der Waals surface area (Å²) >= 11 is 1.14. The van der Waals surface area contributed by atoms with Gasteiger partial charge in [0.2, 0.25) is 11.8 Å². The molecule has 11 nitrogen and oxygen atoms in total. The van der Waals surface area contributed by atoms with Gasteiger partial charge >= 0.3 is 6.03 Å². The number of hydrazine groups is 1. The van der Waals surface area contributed by atoms with Gasteiger partial charge in [0.1, 0.15) is 11.4 Å². The zero-order valence-corrected chi connectivity index (χ0v) is 18.0. The van der Waals surface area contributed by atoms with Crippen LogP contribution in [-0.4, -0.2) is 54.8 Å². The molecule has 4 N–H and O–H groups in total. The monoisotopic (exact) mass is 437 g/mol. The Hall–Kier alpha value is -2.63. The number of carbonyl (C=O) groups is 4. The number of aromatic nitrogens is 3. The molecule has 1 aromatic heterocycles. The summed E-state index contributed by atoms with van der Waals surface area (Å²) in [6, 6.07) is -0.599. The first kappa shape index (κ1) is 22.1. The van der Waals surface area contributed by atoms with Gasteiger partial charge in [-0.2, -0.15) is 5.01 Å². The molecule has 1 saturated carbocycles. The highest BCUT2D eigenvalue weighted by Gasteiger charge is 2.52. The van der Waals surface area contributed by atoms with Crippen LogP contribution in [-0.2, 0) is 27.3 Å². The van der Waals surface area contributed by atoms with Crippen LogP contribution in [0, 0.1) is 5.92 Å². The molecular formula is C18H27N7O4S. The number of nitrogens with two attached hydrogens (primary N) is 1. The summed E-state index contributed by atoms with van der Waals surface area (Å²) in [5.74, 6) is -0.231. The lowest BCUT2D eigenvalue weighted by Gasteiger charge is -2.33. The third kappa shape index (κ3) is 4.58. The van der Waals surface area contributed by atoms with Gasteiger partial charge in [-0.15, -0.1) is 10.2 Å². The van der Waals surface area contributed by atoms with Gasteiger partial charge in [0.15, 0.2) is 5.16 Å². The molecule has 0 radical (unpaired) electrons. The average Bonchev–Trinajstić information content (AvgIpc) is 3.20. The van der Waals surface area contributed by atoms with Crippen molar-refractivity contribution in [1.29, 1.82) is 0 Å². The molecule has 0 bridgehead atoms. The topological polar surface area (TPSA) is 152 Å². The fraction of sp³-hybridized carbons (Fsp3) is 0.667. The molecule has 3 rings (SSSR count). The molecule has 1 saturated heterocycles. The Labute approximate surface area is 178 Å².